The van der Waals surface area contributed by atoms with E-state index in [1.807, 2.05) is 31.2 Å². The lowest BCUT2D eigenvalue weighted by Crippen LogP contribution is -2.23. The number of carbonyl (C=O) groups excluding carboxylic acids is 2. The molecule has 0 saturated carbocycles. The highest BCUT2D eigenvalue weighted by Crippen LogP contribution is 2.17. The molecule has 0 radical (unpaired) electrons. The van der Waals surface area contributed by atoms with Crippen molar-refractivity contribution >= 4 is 23.2 Å². The van der Waals surface area contributed by atoms with E-state index in [1.54, 1.807) is 38.4 Å². The van der Waals surface area contributed by atoms with E-state index in [0.717, 1.165) is 5.69 Å². The van der Waals surface area contributed by atoms with Crippen molar-refractivity contribution in [3.05, 3.63) is 54.1 Å². The summed E-state index contributed by atoms with van der Waals surface area (Å²) in [6.45, 7) is 3.69. The van der Waals surface area contributed by atoms with E-state index in [2.05, 4.69) is 10.6 Å². The first kappa shape index (κ1) is 21.2. The van der Waals surface area contributed by atoms with E-state index >= 15 is 0 Å². The molecule has 2 N–H and O–H groups in total. The molecule has 7 heteroatoms. The van der Waals surface area contributed by atoms with Gasteiger partial charge in [0.1, 0.15) is 12.4 Å². The number of hydrogen-bond donors (Lipinski definition) is 2. The molecule has 7 nitrogen and oxygen atoms in total. The highest BCUT2D eigenvalue weighted by Gasteiger charge is 2.09. The van der Waals surface area contributed by atoms with Gasteiger partial charge in [0.05, 0.1) is 13.2 Å². The Labute approximate surface area is 165 Å². The lowest BCUT2D eigenvalue weighted by Gasteiger charge is -2.12. The summed E-state index contributed by atoms with van der Waals surface area (Å²) in [4.78, 5) is 25.7. The normalized spacial score (nSPS) is 10.2. The van der Waals surface area contributed by atoms with Crippen LogP contribution in [0, 0.1) is 0 Å². The number of rotatable bonds is 10. The Kier molecular flexibility index (Phi) is 8.30. The summed E-state index contributed by atoms with van der Waals surface area (Å²) >= 11 is 0. The Morgan fingerprint density at radius 2 is 1.75 bits per heavy atom. The number of amides is 2. The average molecular weight is 385 g/mol. The highest BCUT2D eigenvalue weighted by molar-refractivity contribution is 5.97. The summed E-state index contributed by atoms with van der Waals surface area (Å²) in [5.41, 5.74) is 1.88. The van der Waals surface area contributed by atoms with Crippen molar-refractivity contribution in [3.63, 3.8) is 0 Å². The number of nitrogens with one attached hydrogen (secondary N) is 2. The molecule has 0 spiro atoms. The average Bonchev–Trinajstić information content (AvgIpc) is 2.69. The van der Waals surface area contributed by atoms with Crippen LogP contribution in [0.5, 0.6) is 5.75 Å². The first-order valence-corrected chi connectivity index (χ1v) is 9.15. The van der Waals surface area contributed by atoms with Crippen molar-refractivity contribution in [1.29, 1.82) is 0 Å². The monoisotopic (exact) mass is 385 g/mol. The summed E-state index contributed by atoms with van der Waals surface area (Å²) < 4.78 is 10.8. The van der Waals surface area contributed by atoms with Gasteiger partial charge in [0.15, 0.2) is 0 Å². The first-order chi connectivity index (χ1) is 13.5. The van der Waals surface area contributed by atoms with E-state index in [-0.39, 0.29) is 18.4 Å². The molecule has 0 unspecified atom stereocenters. The van der Waals surface area contributed by atoms with Crippen molar-refractivity contribution in [2.45, 2.75) is 6.92 Å². The Bertz CT molecular complexity index is 793. The first-order valence-electron chi connectivity index (χ1n) is 9.15. The van der Waals surface area contributed by atoms with Gasteiger partial charge in [0.2, 0.25) is 5.91 Å². The molecular weight excluding hydrogens is 358 g/mol. The van der Waals surface area contributed by atoms with Gasteiger partial charge in [-0.25, -0.2) is 0 Å². The smallest absolute Gasteiger partial charge is 0.253 e. The van der Waals surface area contributed by atoms with Crippen LogP contribution in [0.3, 0.4) is 0 Å². The fourth-order valence-corrected chi connectivity index (χ4v) is 2.43. The minimum atomic E-state index is -0.211. The zero-order chi connectivity index (χ0) is 20.4. The van der Waals surface area contributed by atoms with Crippen LogP contribution in [-0.4, -0.2) is 57.2 Å². The van der Waals surface area contributed by atoms with Gasteiger partial charge in [-0.2, -0.15) is 0 Å². The molecule has 2 rings (SSSR count). The lowest BCUT2D eigenvalue weighted by molar-refractivity contribution is -0.114. The Morgan fingerprint density at radius 3 is 2.50 bits per heavy atom. The molecule has 0 aliphatic carbocycles. The molecule has 0 aromatic heterocycles. The highest BCUT2D eigenvalue weighted by atomic mass is 16.5. The van der Waals surface area contributed by atoms with Crippen LogP contribution in [0.1, 0.15) is 17.3 Å². The van der Waals surface area contributed by atoms with Gasteiger partial charge in [-0.05, 0) is 37.3 Å². The van der Waals surface area contributed by atoms with Crippen LogP contribution in [0.15, 0.2) is 48.5 Å². The SMILES string of the molecule is CCOCCOc1cccc(NCC(=O)Nc2cccc(C(=O)N(C)C)c2)c1. The van der Waals surface area contributed by atoms with Crippen LogP contribution in [0.25, 0.3) is 0 Å². The second kappa shape index (κ2) is 10.9. The Hall–Kier alpha value is -3.06. The molecule has 0 bridgehead atoms. The summed E-state index contributed by atoms with van der Waals surface area (Å²) in [6.07, 6.45) is 0. The molecule has 2 aromatic carbocycles. The molecule has 0 saturated heterocycles. The Balaban J connectivity index is 1.86. The van der Waals surface area contributed by atoms with Crippen molar-refractivity contribution in [3.8, 4) is 5.75 Å². The topological polar surface area (TPSA) is 79.9 Å². The third-order valence-electron chi connectivity index (χ3n) is 3.79. The van der Waals surface area contributed by atoms with Gasteiger partial charge in [0, 0.05) is 43.7 Å². The molecule has 0 atom stereocenters. The molecule has 0 aliphatic rings. The van der Waals surface area contributed by atoms with Crippen LogP contribution >= 0.6 is 0 Å². The number of benzene rings is 2. The van der Waals surface area contributed by atoms with Gasteiger partial charge < -0.3 is 25.0 Å². The fraction of sp³-hybridized carbons (Fsp3) is 0.333. The van der Waals surface area contributed by atoms with E-state index in [4.69, 9.17) is 9.47 Å². The number of anilines is 2. The van der Waals surface area contributed by atoms with E-state index < -0.39 is 0 Å². The summed E-state index contributed by atoms with van der Waals surface area (Å²) in [5.74, 6) is 0.382. The lowest BCUT2D eigenvalue weighted by atomic mass is 10.2. The minimum Gasteiger partial charge on any atom is -0.491 e. The van der Waals surface area contributed by atoms with Crippen LogP contribution in [0.2, 0.25) is 0 Å². The second-order valence-corrected chi connectivity index (χ2v) is 6.26. The van der Waals surface area contributed by atoms with Crippen LogP contribution < -0.4 is 15.4 Å². The van der Waals surface area contributed by atoms with Crippen LogP contribution in [-0.2, 0) is 9.53 Å². The number of nitrogens with zero attached hydrogens (tertiary/aromatic N) is 1. The van der Waals surface area contributed by atoms with Gasteiger partial charge in [-0.15, -0.1) is 0 Å². The van der Waals surface area contributed by atoms with Crippen molar-refractivity contribution in [2.75, 3.05) is 51.1 Å². The predicted molar refractivity (Wildman–Crippen MR) is 110 cm³/mol. The van der Waals surface area contributed by atoms with E-state index in [9.17, 15) is 9.59 Å². The van der Waals surface area contributed by atoms with Gasteiger partial charge in [0.25, 0.3) is 5.91 Å². The van der Waals surface area contributed by atoms with E-state index in [0.29, 0.717) is 36.8 Å². The quantitative estimate of drug-likeness (QED) is 0.615. The Morgan fingerprint density at radius 1 is 1.00 bits per heavy atom. The molecule has 2 amide bonds. The fourth-order valence-electron chi connectivity index (χ4n) is 2.43. The van der Waals surface area contributed by atoms with Crippen molar-refractivity contribution < 1.29 is 19.1 Å². The summed E-state index contributed by atoms with van der Waals surface area (Å²) in [7, 11) is 3.37. The van der Waals surface area contributed by atoms with Crippen LogP contribution in [0.4, 0.5) is 11.4 Å². The van der Waals surface area contributed by atoms with E-state index in [1.165, 1.54) is 4.90 Å². The number of ether oxygens (including phenoxy) is 2. The van der Waals surface area contributed by atoms with Gasteiger partial charge in [-0.3, -0.25) is 9.59 Å². The van der Waals surface area contributed by atoms with Crippen molar-refractivity contribution in [2.24, 2.45) is 0 Å². The van der Waals surface area contributed by atoms with Crippen molar-refractivity contribution in [1.82, 2.24) is 4.90 Å². The molecule has 150 valence electrons. The molecule has 0 heterocycles. The van der Waals surface area contributed by atoms with Gasteiger partial charge >= 0.3 is 0 Å². The maximum atomic E-state index is 12.2. The maximum absolute atomic E-state index is 12.2. The molecule has 0 aliphatic heterocycles. The predicted octanol–water partition coefficient (Wildman–Crippen LogP) is 2.85. The number of hydrogen-bond acceptors (Lipinski definition) is 5. The number of carbonyl (C=O) groups is 2. The maximum Gasteiger partial charge on any atom is 0.253 e. The molecule has 0 fully saturated rings. The molecular formula is C21H27N3O4. The van der Waals surface area contributed by atoms with Gasteiger partial charge in [-0.1, -0.05) is 12.1 Å². The zero-order valence-corrected chi connectivity index (χ0v) is 16.5. The summed E-state index contributed by atoms with van der Waals surface area (Å²) in [6, 6.07) is 14.3. The standard InChI is InChI=1S/C21H27N3O4/c1-4-27-11-12-28-19-10-6-8-17(14-19)22-15-20(25)23-18-9-5-7-16(13-18)21(26)24(2)3/h5-10,13-14,22H,4,11-12,15H2,1-3H3,(H,23,25). The largest absolute Gasteiger partial charge is 0.491 e. The summed E-state index contributed by atoms with van der Waals surface area (Å²) in [5, 5.41) is 5.85. The second-order valence-electron chi connectivity index (χ2n) is 6.26. The zero-order valence-electron chi connectivity index (χ0n) is 16.5. The molecule has 28 heavy (non-hydrogen) atoms. The minimum absolute atomic E-state index is 0.0915. The third-order valence-corrected chi connectivity index (χ3v) is 3.79. The molecule has 2 aromatic rings. The third kappa shape index (κ3) is 6.92.